The van der Waals surface area contributed by atoms with E-state index in [0.29, 0.717) is 6.54 Å². The number of rotatable bonds is 5. The molecule has 2 heterocycles. The molecule has 1 aromatic heterocycles. The number of hydrogen-bond acceptors (Lipinski definition) is 4. The van der Waals surface area contributed by atoms with Crippen molar-refractivity contribution in [2.75, 3.05) is 18.0 Å². The van der Waals surface area contributed by atoms with Crippen LogP contribution in [0.15, 0.2) is 30.3 Å². The third-order valence-electron chi connectivity index (χ3n) is 4.40. The lowest BCUT2D eigenvalue weighted by atomic mass is 10.1. The number of fused-ring (bicyclic) bond motifs is 1. The Morgan fingerprint density at radius 1 is 1.30 bits per heavy atom. The molecule has 1 aliphatic heterocycles. The second kappa shape index (κ2) is 6.96. The number of pyridine rings is 1. The number of carboxylic acids is 1. The molecule has 0 amide bonds. The number of hydrogen-bond donors (Lipinski definition) is 2. The number of nitrogens with one attached hydrogen (secondary N) is 1. The Balaban J connectivity index is 1.93. The molecule has 1 atom stereocenters. The lowest BCUT2D eigenvalue weighted by molar-refractivity contribution is -0.139. The van der Waals surface area contributed by atoms with Crippen LogP contribution in [0.5, 0.6) is 0 Å². The number of para-hydroxylation sites is 1. The fourth-order valence-corrected chi connectivity index (χ4v) is 3.01. The van der Waals surface area contributed by atoms with Crippen molar-refractivity contribution in [2.24, 2.45) is 0 Å². The molecule has 0 bridgehead atoms. The lowest BCUT2D eigenvalue weighted by Gasteiger charge is -2.30. The maximum atomic E-state index is 11.0. The summed E-state index contributed by atoms with van der Waals surface area (Å²) < 4.78 is 0. The third-order valence-corrected chi connectivity index (χ3v) is 4.40. The zero-order valence-corrected chi connectivity index (χ0v) is 13.5. The summed E-state index contributed by atoms with van der Waals surface area (Å²) in [5, 5.41) is 13.2. The predicted molar refractivity (Wildman–Crippen MR) is 91.7 cm³/mol. The molecule has 0 saturated carbocycles. The Labute approximate surface area is 136 Å². The van der Waals surface area contributed by atoms with Gasteiger partial charge in [-0.1, -0.05) is 18.2 Å². The summed E-state index contributed by atoms with van der Waals surface area (Å²) in [6.45, 7) is 4.22. The SMILES string of the molecule is CC(NCc1cc2ccccc2nc1N1CCCCC1)C(=O)O. The van der Waals surface area contributed by atoms with E-state index in [1.165, 1.54) is 19.3 Å². The number of piperidine rings is 1. The summed E-state index contributed by atoms with van der Waals surface area (Å²) in [7, 11) is 0. The molecule has 1 unspecified atom stereocenters. The van der Waals surface area contributed by atoms with Crippen LogP contribution in [-0.2, 0) is 11.3 Å². The van der Waals surface area contributed by atoms with E-state index in [1.807, 2.05) is 24.3 Å². The predicted octanol–water partition coefficient (Wildman–Crippen LogP) is 2.79. The van der Waals surface area contributed by atoms with E-state index in [1.54, 1.807) is 6.92 Å². The fraction of sp³-hybridized carbons (Fsp3) is 0.444. The zero-order chi connectivity index (χ0) is 16.2. The number of anilines is 1. The van der Waals surface area contributed by atoms with Gasteiger partial charge >= 0.3 is 5.97 Å². The molecule has 122 valence electrons. The van der Waals surface area contributed by atoms with Crippen LogP contribution in [0, 0.1) is 0 Å². The number of carbonyl (C=O) groups is 1. The van der Waals surface area contributed by atoms with E-state index in [4.69, 9.17) is 10.1 Å². The fourth-order valence-electron chi connectivity index (χ4n) is 3.01. The van der Waals surface area contributed by atoms with Gasteiger partial charge in [-0.05, 0) is 38.3 Å². The molecule has 0 aliphatic carbocycles. The van der Waals surface area contributed by atoms with Crippen LogP contribution in [-0.4, -0.2) is 35.2 Å². The number of aromatic nitrogens is 1. The molecule has 3 rings (SSSR count). The third kappa shape index (κ3) is 3.62. The van der Waals surface area contributed by atoms with Crippen molar-refractivity contribution in [1.29, 1.82) is 0 Å². The van der Waals surface area contributed by atoms with Crippen molar-refractivity contribution in [2.45, 2.75) is 38.8 Å². The summed E-state index contributed by atoms with van der Waals surface area (Å²) in [5.74, 6) is 0.159. The van der Waals surface area contributed by atoms with Crippen molar-refractivity contribution in [1.82, 2.24) is 10.3 Å². The summed E-state index contributed by atoms with van der Waals surface area (Å²) in [4.78, 5) is 18.2. The van der Waals surface area contributed by atoms with Crippen LogP contribution in [0.4, 0.5) is 5.82 Å². The molecule has 5 nitrogen and oxygen atoms in total. The smallest absolute Gasteiger partial charge is 0.320 e. The highest BCUT2D eigenvalue weighted by atomic mass is 16.4. The first-order valence-corrected chi connectivity index (χ1v) is 8.25. The van der Waals surface area contributed by atoms with Gasteiger partial charge in [0.1, 0.15) is 11.9 Å². The molecule has 1 saturated heterocycles. The highest BCUT2D eigenvalue weighted by Gasteiger charge is 2.18. The first-order valence-electron chi connectivity index (χ1n) is 8.25. The molecule has 0 spiro atoms. The lowest BCUT2D eigenvalue weighted by Crippen LogP contribution is -2.35. The monoisotopic (exact) mass is 313 g/mol. The van der Waals surface area contributed by atoms with Crippen LogP contribution in [0.1, 0.15) is 31.7 Å². The van der Waals surface area contributed by atoms with Gasteiger partial charge in [-0.15, -0.1) is 0 Å². The molecular formula is C18H23N3O2. The summed E-state index contributed by atoms with van der Waals surface area (Å²) in [5.41, 5.74) is 2.06. The first-order chi connectivity index (χ1) is 11.1. The minimum Gasteiger partial charge on any atom is -0.480 e. The van der Waals surface area contributed by atoms with Crippen LogP contribution in [0.2, 0.25) is 0 Å². The van der Waals surface area contributed by atoms with Gasteiger partial charge in [-0.25, -0.2) is 4.98 Å². The normalized spacial score (nSPS) is 16.5. The van der Waals surface area contributed by atoms with E-state index in [0.717, 1.165) is 35.4 Å². The average Bonchev–Trinajstić information content (AvgIpc) is 2.59. The van der Waals surface area contributed by atoms with Gasteiger partial charge in [-0.2, -0.15) is 0 Å². The van der Waals surface area contributed by atoms with Crippen LogP contribution >= 0.6 is 0 Å². The van der Waals surface area contributed by atoms with Crippen molar-refractivity contribution < 1.29 is 9.90 Å². The molecule has 0 radical (unpaired) electrons. The van der Waals surface area contributed by atoms with Gasteiger partial charge < -0.3 is 15.3 Å². The number of benzene rings is 1. The van der Waals surface area contributed by atoms with Gasteiger partial charge in [0, 0.05) is 30.6 Å². The van der Waals surface area contributed by atoms with Crippen LogP contribution in [0.25, 0.3) is 10.9 Å². The van der Waals surface area contributed by atoms with Gasteiger partial charge in [0.2, 0.25) is 0 Å². The van der Waals surface area contributed by atoms with Gasteiger partial charge in [-0.3, -0.25) is 4.79 Å². The zero-order valence-electron chi connectivity index (χ0n) is 13.5. The molecule has 1 fully saturated rings. The summed E-state index contributed by atoms with van der Waals surface area (Å²) >= 11 is 0. The van der Waals surface area contributed by atoms with E-state index in [-0.39, 0.29) is 0 Å². The Hall–Kier alpha value is -2.14. The highest BCUT2D eigenvalue weighted by Crippen LogP contribution is 2.26. The molecule has 23 heavy (non-hydrogen) atoms. The summed E-state index contributed by atoms with van der Waals surface area (Å²) in [6, 6.07) is 9.64. The topological polar surface area (TPSA) is 65.5 Å². The Bertz CT molecular complexity index is 696. The van der Waals surface area contributed by atoms with Crippen molar-refractivity contribution in [3.63, 3.8) is 0 Å². The number of nitrogens with zero attached hydrogens (tertiary/aromatic N) is 2. The molecule has 5 heteroatoms. The molecule has 2 aromatic rings. The quantitative estimate of drug-likeness (QED) is 0.888. The standard InChI is InChI=1S/C18H23N3O2/c1-13(18(22)23)19-12-15-11-14-7-3-4-8-16(14)20-17(15)21-9-5-2-6-10-21/h3-4,7-8,11,13,19H,2,5-6,9-10,12H2,1H3,(H,22,23). The van der Waals surface area contributed by atoms with Gasteiger partial charge in [0.05, 0.1) is 5.52 Å². The number of carboxylic acid groups (broad SMARTS) is 1. The number of aliphatic carboxylic acids is 1. The second-order valence-electron chi connectivity index (χ2n) is 6.15. The van der Waals surface area contributed by atoms with E-state index in [9.17, 15) is 4.79 Å². The molecular weight excluding hydrogens is 290 g/mol. The van der Waals surface area contributed by atoms with Crippen LogP contribution < -0.4 is 10.2 Å². The van der Waals surface area contributed by atoms with E-state index >= 15 is 0 Å². The van der Waals surface area contributed by atoms with Gasteiger partial charge in [0.15, 0.2) is 0 Å². The Morgan fingerprint density at radius 2 is 2.04 bits per heavy atom. The summed E-state index contributed by atoms with van der Waals surface area (Å²) in [6.07, 6.45) is 3.65. The average molecular weight is 313 g/mol. The van der Waals surface area contributed by atoms with E-state index < -0.39 is 12.0 Å². The van der Waals surface area contributed by atoms with Crippen LogP contribution in [0.3, 0.4) is 0 Å². The largest absolute Gasteiger partial charge is 0.480 e. The maximum Gasteiger partial charge on any atom is 0.320 e. The second-order valence-corrected chi connectivity index (χ2v) is 6.15. The first kappa shape index (κ1) is 15.7. The maximum absolute atomic E-state index is 11.0. The minimum absolute atomic E-state index is 0.511. The van der Waals surface area contributed by atoms with Gasteiger partial charge in [0.25, 0.3) is 0 Å². The minimum atomic E-state index is -0.835. The van der Waals surface area contributed by atoms with Crippen molar-refractivity contribution in [3.8, 4) is 0 Å². The Morgan fingerprint density at radius 3 is 2.78 bits per heavy atom. The van der Waals surface area contributed by atoms with Crippen molar-refractivity contribution >= 4 is 22.7 Å². The highest BCUT2D eigenvalue weighted by molar-refractivity contribution is 5.82. The molecule has 1 aliphatic rings. The Kier molecular flexibility index (Phi) is 4.76. The van der Waals surface area contributed by atoms with E-state index in [2.05, 4.69) is 16.3 Å². The van der Waals surface area contributed by atoms with Crippen molar-refractivity contribution in [3.05, 3.63) is 35.9 Å². The molecule has 2 N–H and O–H groups in total. The molecule has 1 aromatic carbocycles.